The van der Waals surface area contributed by atoms with Gasteiger partial charge in [0.1, 0.15) is 12.8 Å². The Kier molecular flexibility index (Phi) is 4.29. The number of nitrogens with zero attached hydrogens (tertiary/aromatic N) is 1. The van der Waals surface area contributed by atoms with E-state index in [0.717, 1.165) is 11.1 Å². The third-order valence-corrected chi connectivity index (χ3v) is 1.89. The van der Waals surface area contributed by atoms with Crippen molar-refractivity contribution in [3.8, 4) is 0 Å². The van der Waals surface area contributed by atoms with E-state index in [1.165, 1.54) is 0 Å². The molecule has 1 rings (SSSR count). The summed E-state index contributed by atoms with van der Waals surface area (Å²) in [6, 6.07) is 8.01. The highest BCUT2D eigenvalue weighted by Gasteiger charge is 2.06. The molecular formula is C14H18NO. The topological polar surface area (TPSA) is 21.6 Å². The summed E-state index contributed by atoms with van der Waals surface area (Å²) in [5, 5.41) is 3.81. The van der Waals surface area contributed by atoms with E-state index in [1.807, 2.05) is 51.1 Å². The van der Waals surface area contributed by atoms with Gasteiger partial charge in [-0.1, -0.05) is 62.8 Å². The molecule has 2 heteroatoms. The fraction of sp³-hybridized carbons (Fsp3) is 0.357. The van der Waals surface area contributed by atoms with E-state index >= 15 is 0 Å². The van der Waals surface area contributed by atoms with Gasteiger partial charge in [0.25, 0.3) is 0 Å². The second-order valence-electron chi connectivity index (χ2n) is 4.67. The van der Waals surface area contributed by atoms with Crippen molar-refractivity contribution in [1.29, 1.82) is 0 Å². The zero-order chi connectivity index (χ0) is 12.0. The van der Waals surface area contributed by atoms with Crippen LogP contribution in [0.2, 0.25) is 0 Å². The van der Waals surface area contributed by atoms with Crippen molar-refractivity contribution < 1.29 is 4.84 Å². The predicted octanol–water partition coefficient (Wildman–Crippen LogP) is 3.76. The Morgan fingerprint density at radius 3 is 2.44 bits per heavy atom. The smallest absolute Gasteiger partial charge is 0.142 e. The van der Waals surface area contributed by atoms with Crippen molar-refractivity contribution in [3.63, 3.8) is 0 Å². The Morgan fingerprint density at radius 2 is 1.94 bits per heavy atom. The maximum atomic E-state index is 5.16. The van der Waals surface area contributed by atoms with E-state index in [-0.39, 0.29) is 5.41 Å². The molecule has 0 heterocycles. The van der Waals surface area contributed by atoms with E-state index in [0.29, 0.717) is 6.61 Å². The minimum atomic E-state index is -0.0628. The van der Waals surface area contributed by atoms with Crippen molar-refractivity contribution in [2.24, 2.45) is 10.6 Å². The summed E-state index contributed by atoms with van der Waals surface area (Å²) >= 11 is 0. The SMILES string of the molecule is C=Cc1ccc(CO/N=[C]\C(C)(C)C)cc1. The number of rotatable bonds is 4. The Balaban J connectivity index is 2.43. The quantitative estimate of drug-likeness (QED) is 0.554. The van der Waals surface area contributed by atoms with E-state index < -0.39 is 0 Å². The van der Waals surface area contributed by atoms with Gasteiger partial charge in [-0.25, -0.2) is 0 Å². The molecule has 0 unspecified atom stereocenters. The van der Waals surface area contributed by atoms with Gasteiger partial charge in [0.15, 0.2) is 0 Å². The molecule has 85 valence electrons. The van der Waals surface area contributed by atoms with Gasteiger partial charge in [-0.2, -0.15) is 0 Å². The molecule has 0 aromatic heterocycles. The summed E-state index contributed by atoms with van der Waals surface area (Å²) in [6.45, 7) is 10.3. The van der Waals surface area contributed by atoms with Crippen LogP contribution in [0.3, 0.4) is 0 Å². The van der Waals surface area contributed by atoms with Crippen LogP contribution in [0.1, 0.15) is 31.9 Å². The molecule has 0 aliphatic carbocycles. The summed E-state index contributed by atoms with van der Waals surface area (Å²) in [5.41, 5.74) is 2.13. The molecule has 0 bridgehead atoms. The van der Waals surface area contributed by atoms with Crippen LogP contribution in [0.15, 0.2) is 36.0 Å². The van der Waals surface area contributed by atoms with Crippen molar-refractivity contribution in [3.05, 3.63) is 42.0 Å². The van der Waals surface area contributed by atoms with Crippen LogP contribution < -0.4 is 0 Å². The minimum absolute atomic E-state index is 0.0628. The third kappa shape index (κ3) is 4.78. The van der Waals surface area contributed by atoms with Gasteiger partial charge in [0.05, 0.1) is 0 Å². The minimum Gasteiger partial charge on any atom is -0.391 e. The molecule has 0 amide bonds. The Bertz CT molecular complexity index is 357. The van der Waals surface area contributed by atoms with Gasteiger partial charge in [0.2, 0.25) is 0 Å². The van der Waals surface area contributed by atoms with Crippen LogP contribution in [0.4, 0.5) is 0 Å². The van der Waals surface area contributed by atoms with E-state index in [4.69, 9.17) is 4.84 Å². The molecule has 0 aliphatic rings. The average Bonchev–Trinajstić information content (AvgIpc) is 2.24. The third-order valence-electron chi connectivity index (χ3n) is 1.89. The van der Waals surface area contributed by atoms with Crippen LogP contribution in [0.5, 0.6) is 0 Å². The Labute approximate surface area is 97.6 Å². The predicted molar refractivity (Wildman–Crippen MR) is 68.2 cm³/mol. The van der Waals surface area contributed by atoms with Crippen LogP contribution in [0, 0.1) is 5.41 Å². The fourth-order valence-corrected chi connectivity index (χ4v) is 1.03. The normalized spacial score (nSPS) is 11.7. The molecule has 1 radical (unpaired) electrons. The first-order valence-electron chi connectivity index (χ1n) is 5.32. The molecule has 16 heavy (non-hydrogen) atoms. The van der Waals surface area contributed by atoms with Gasteiger partial charge >= 0.3 is 0 Å². The lowest BCUT2D eigenvalue weighted by molar-refractivity contribution is 0.129. The number of hydrogen-bond donors (Lipinski definition) is 0. The fourth-order valence-electron chi connectivity index (χ4n) is 1.03. The van der Waals surface area contributed by atoms with Crippen LogP contribution in [0.25, 0.3) is 6.08 Å². The summed E-state index contributed by atoms with van der Waals surface area (Å²) in [7, 11) is 0. The standard InChI is InChI=1S/C14H18NO/c1-5-12-6-8-13(9-7-12)10-16-15-11-14(2,3)4/h5-9H,1,10H2,2-4H3. The van der Waals surface area contributed by atoms with Crippen molar-refractivity contribution >= 4 is 12.3 Å². The highest BCUT2D eigenvalue weighted by atomic mass is 16.6. The zero-order valence-corrected chi connectivity index (χ0v) is 10.2. The summed E-state index contributed by atoms with van der Waals surface area (Å²) in [4.78, 5) is 5.16. The highest BCUT2D eigenvalue weighted by molar-refractivity contribution is 5.63. The average molecular weight is 216 g/mol. The number of benzene rings is 1. The van der Waals surface area contributed by atoms with E-state index in [1.54, 1.807) is 0 Å². The zero-order valence-electron chi connectivity index (χ0n) is 10.2. The molecular weight excluding hydrogens is 198 g/mol. The van der Waals surface area contributed by atoms with Gasteiger partial charge in [-0.3, -0.25) is 0 Å². The first-order valence-corrected chi connectivity index (χ1v) is 5.32. The Morgan fingerprint density at radius 1 is 1.31 bits per heavy atom. The molecule has 1 aromatic carbocycles. The first-order chi connectivity index (χ1) is 7.51. The molecule has 0 saturated carbocycles. The molecule has 0 aliphatic heterocycles. The monoisotopic (exact) mass is 216 g/mol. The summed E-state index contributed by atoms with van der Waals surface area (Å²) in [5.74, 6) is 0. The molecule has 2 nitrogen and oxygen atoms in total. The van der Waals surface area contributed by atoms with Gasteiger partial charge in [-0.05, 0) is 11.1 Å². The van der Waals surface area contributed by atoms with E-state index in [9.17, 15) is 0 Å². The summed E-state index contributed by atoms with van der Waals surface area (Å²) < 4.78 is 0. The highest BCUT2D eigenvalue weighted by Crippen LogP contribution is 2.10. The lowest BCUT2D eigenvalue weighted by Gasteiger charge is -2.08. The second-order valence-corrected chi connectivity index (χ2v) is 4.67. The van der Waals surface area contributed by atoms with Crippen LogP contribution in [-0.2, 0) is 11.4 Å². The largest absolute Gasteiger partial charge is 0.391 e. The molecule has 1 aromatic rings. The summed E-state index contributed by atoms with van der Waals surface area (Å²) in [6.07, 6.45) is 4.72. The number of hydrogen-bond acceptors (Lipinski definition) is 2. The van der Waals surface area contributed by atoms with Crippen LogP contribution in [-0.4, -0.2) is 6.21 Å². The lowest BCUT2D eigenvalue weighted by atomic mass is 10.00. The maximum Gasteiger partial charge on any atom is 0.142 e. The van der Waals surface area contributed by atoms with E-state index in [2.05, 4.69) is 17.9 Å². The van der Waals surface area contributed by atoms with Crippen molar-refractivity contribution in [1.82, 2.24) is 0 Å². The molecule has 0 N–H and O–H groups in total. The van der Waals surface area contributed by atoms with Gasteiger partial charge in [0, 0.05) is 5.41 Å². The van der Waals surface area contributed by atoms with Crippen molar-refractivity contribution in [2.45, 2.75) is 27.4 Å². The molecule has 0 fully saturated rings. The van der Waals surface area contributed by atoms with Crippen molar-refractivity contribution in [2.75, 3.05) is 0 Å². The van der Waals surface area contributed by atoms with Gasteiger partial charge < -0.3 is 4.84 Å². The Hall–Kier alpha value is -1.57. The maximum absolute atomic E-state index is 5.16. The lowest BCUT2D eigenvalue weighted by Crippen LogP contribution is -2.06. The second kappa shape index (κ2) is 5.50. The molecule has 0 atom stereocenters. The van der Waals surface area contributed by atoms with Gasteiger partial charge in [-0.15, -0.1) is 0 Å². The molecule has 0 spiro atoms. The molecule has 0 saturated heterocycles. The van der Waals surface area contributed by atoms with Crippen LogP contribution >= 0.6 is 0 Å². The first kappa shape index (κ1) is 12.5.